The Morgan fingerprint density at radius 1 is 0.632 bits per heavy atom. The SMILES string of the molecule is [C]=CC=CC=CCCCCCCCCCCCCC. The first-order chi connectivity index (χ1) is 9.41. The van der Waals surface area contributed by atoms with E-state index in [2.05, 4.69) is 13.0 Å². The van der Waals surface area contributed by atoms with Gasteiger partial charge in [0.05, 0.1) is 0 Å². The average molecular weight is 260 g/mol. The van der Waals surface area contributed by atoms with Crippen molar-refractivity contribution in [3.63, 3.8) is 0 Å². The summed E-state index contributed by atoms with van der Waals surface area (Å²) in [6.45, 7) is 9.11. The Morgan fingerprint density at radius 3 is 1.68 bits per heavy atom. The van der Waals surface area contributed by atoms with Crippen LogP contribution in [0.25, 0.3) is 0 Å². The van der Waals surface area contributed by atoms with E-state index in [1.165, 1.54) is 83.1 Å². The van der Waals surface area contributed by atoms with Gasteiger partial charge in [-0.3, -0.25) is 0 Å². The molecule has 0 unspecified atom stereocenters. The fourth-order valence-electron chi connectivity index (χ4n) is 2.22. The quantitative estimate of drug-likeness (QED) is 0.242. The zero-order chi connectivity index (χ0) is 14.0. The first-order valence-corrected chi connectivity index (χ1v) is 8.24. The average Bonchev–Trinajstić information content (AvgIpc) is 2.43. The fraction of sp³-hybridized carbons (Fsp3) is 0.684. The zero-order valence-corrected chi connectivity index (χ0v) is 12.9. The Hall–Kier alpha value is -0.780. The smallest absolute Gasteiger partial charge is 0.00990 e. The maximum Gasteiger partial charge on any atom is -0.00990 e. The normalized spacial score (nSPS) is 11.6. The lowest BCUT2D eigenvalue weighted by atomic mass is 10.1. The molecule has 0 spiro atoms. The molecule has 0 aliphatic heterocycles. The fourth-order valence-corrected chi connectivity index (χ4v) is 2.22. The highest BCUT2D eigenvalue weighted by atomic mass is 14.0. The van der Waals surface area contributed by atoms with Gasteiger partial charge in [-0.05, 0) is 19.4 Å². The lowest BCUT2D eigenvalue weighted by Gasteiger charge is -2.01. The highest BCUT2D eigenvalue weighted by Crippen LogP contribution is 2.11. The van der Waals surface area contributed by atoms with Gasteiger partial charge in [-0.25, -0.2) is 0 Å². The van der Waals surface area contributed by atoms with Crippen molar-refractivity contribution in [2.24, 2.45) is 0 Å². The minimum atomic E-state index is 1.18. The van der Waals surface area contributed by atoms with Crippen molar-refractivity contribution in [2.75, 3.05) is 0 Å². The predicted molar refractivity (Wildman–Crippen MR) is 87.2 cm³/mol. The van der Waals surface area contributed by atoms with Crippen LogP contribution in [0.3, 0.4) is 0 Å². The first-order valence-electron chi connectivity index (χ1n) is 8.24. The van der Waals surface area contributed by atoms with Gasteiger partial charge in [0.2, 0.25) is 0 Å². The predicted octanol–water partition coefficient (Wildman–Crippen LogP) is 6.67. The van der Waals surface area contributed by atoms with Crippen LogP contribution in [-0.2, 0) is 0 Å². The number of hydrogen-bond donors (Lipinski definition) is 0. The van der Waals surface area contributed by atoms with Crippen molar-refractivity contribution in [3.8, 4) is 0 Å². The van der Waals surface area contributed by atoms with E-state index < -0.39 is 0 Å². The van der Waals surface area contributed by atoms with Crippen molar-refractivity contribution in [1.82, 2.24) is 0 Å². The molecule has 0 aliphatic rings. The van der Waals surface area contributed by atoms with Crippen molar-refractivity contribution in [3.05, 3.63) is 37.0 Å². The maximum atomic E-state index is 6.83. The molecular formula is C19H32. The third-order valence-corrected chi connectivity index (χ3v) is 3.43. The number of unbranched alkanes of at least 4 members (excludes halogenated alkanes) is 11. The molecular weight excluding hydrogens is 228 g/mol. The number of allylic oxidation sites excluding steroid dienone is 5. The standard InChI is InChI=1S/C19H32/c1-3-5-7-9-11-13-15-17-19-18-16-14-12-10-8-6-4-2/h4,6,8,10,12H,3,5,7,9,11,13-19H2,1H3. The van der Waals surface area contributed by atoms with E-state index in [0.717, 1.165) is 0 Å². The highest BCUT2D eigenvalue weighted by Gasteiger charge is 1.92. The third kappa shape index (κ3) is 17.2. The van der Waals surface area contributed by atoms with Crippen molar-refractivity contribution in [2.45, 2.75) is 84.0 Å². The molecule has 0 fully saturated rings. The van der Waals surface area contributed by atoms with Gasteiger partial charge < -0.3 is 0 Å². The summed E-state index contributed by atoms with van der Waals surface area (Å²) < 4.78 is 0. The van der Waals surface area contributed by atoms with Gasteiger partial charge in [0.15, 0.2) is 0 Å². The topological polar surface area (TPSA) is 0 Å². The summed E-state index contributed by atoms with van der Waals surface area (Å²) in [5.74, 6) is 0. The molecule has 0 saturated heterocycles. The van der Waals surface area contributed by atoms with E-state index in [4.69, 9.17) is 6.58 Å². The van der Waals surface area contributed by atoms with Crippen LogP contribution in [0.4, 0.5) is 0 Å². The Morgan fingerprint density at radius 2 is 1.16 bits per heavy atom. The molecule has 0 rings (SSSR count). The zero-order valence-electron chi connectivity index (χ0n) is 12.9. The summed E-state index contributed by atoms with van der Waals surface area (Å²) in [6, 6.07) is 0. The van der Waals surface area contributed by atoms with Gasteiger partial charge in [0, 0.05) is 0 Å². The number of hydrogen-bond acceptors (Lipinski definition) is 0. The molecule has 0 aromatic heterocycles. The van der Waals surface area contributed by atoms with E-state index in [0.29, 0.717) is 0 Å². The molecule has 0 aromatic rings. The molecule has 0 amide bonds. The molecule has 0 aliphatic carbocycles. The van der Waals surface area contributed by atoms with Crippen molar-refractivity contribution >= 4 is 0 Å². The second kappa shape index (κ2) is 17.2. The van der Waals surface area contributed by atoms with E-state index in [1.54, 1.807) is 6.08 Å². The molecule has 2 radical (unpaired) electrons. The van der Waals surface area contributed by atoms with Crippen LogP contribution in [0.15, 0.2) is 30.4 Å². The highest BCUT2D eigenvalue weighted by molar-refractivity contribution is 5.07. The molecule has 19 heavy (non-hydrogen) atoms. The second-order valence-corrected chi connectivity index (χ2v) is 5.30. The Balaban J connectivity index is 3.04. The first kappa shape index (κ1) is 18.2. The van der Waals surface area contributed by atoms with Gasteiger partial charge >= 0.3 is 0 Å². The molecule has 0 N–H and O–H groups in total. The molecule has 0 saturated carbocycles. The van der Waals surface area contributed by atoms with E-state index in [-0.39, 0.29) is 0 Å². The molecule has 0 nitrogen and oxygen atoms in total. The summed E-state index contributed by atoms with van der Waals surface area (Å²) in [5, 5.41) is 0. The molecule has 0 bridgehead atoms. The Labute approximate surface area is 121 Å². The molecule has 0 atom stereocenters. The summed E-state index contributed by atoms with van der Waals surface area (Å²) in [7, 11) is 0. The largest absolute Gasteiger partial charge is 0.0845 e. The summed E-state index contributed by atoms with van der Waals surface area (Å²) >= 11 is 0. The molecule has 0 heterocycles. The van der Waals surface area contributed by atoms with Crippen LogP contribution in [-0.4, -0.2) is 0 Å². The molecule has 0 aromatic carbocycles. The molecule has 0 heteroatoms. The van der Waals surface area contributed by atoms with Crippen LogP contribution in [0.2, 0.25) is 0 Å². The summed E-state index contributed by atoms with van der Waals surface area (Å²) in [4.78, 5) is 0. The minimum absolute atomic E-state index is 1.18. The van der Waals surface area contributed by atoms with E-state index in [9.17, 15) is 0 Å². The maximum absolute atomic E-state index is 6.83. The third-order valence-electron chi connectivity index (χ3n) is 3.43. The van der Waals surface area contributed by atoms with E-state index >= 15 is 0 Å². The minimum Gasteiger partial charge on any atom is -0.0845 e. The lowest BCUT2D eigenvalue weighted by Crippen LogP contribution is -1.81. The lowest BCUT2D eigenvalue weighted by molar-refractivity contribution is 0.550. The van der Waals surface area contributed by atoms with Crippen molar-refractivity contribution in [1.29, 1.82) is 0 Å². The van der Waals surface area contributed by atoms with Crippen LogP contribution >= 0.6 is 0 Å². The van der Waals surface area contributed by atoms with Gasteiger partial charge in [0.1, 0.15) is 0 Å². The molecule has 108 valence electrons. The monoisotopic (exact) mass is 260 g/mol. The number of rotatable bonds is 14. The second-order valence-electron chi connectivity index (χ2n) is 5.30. The van der Waals surface area contributed by atoms with Gasteiger partial charge in [-0.15, -0.1) is 0 Å². The van der Waals surface area contributed by atoms with Crippen molar-refractivity contribution < 1.29 is 0 Å². The summed E-state index contributed by atoms with van der Waals surface area (Å²) in [6.07, 6.45) is 25.9. The van der Waals surface area contributed by atoms with Crippen LogP contribution < -0.4 is 0 Å². The van der Waals surface area contributed by atoms with Gasteiger partial charge in [-0.1, -0.05) is 102 Å². The van der Waals surface area contributed by atoms with Gasteiger partial charge in [-0.2, -0.15) is 0 Å². The Bertz CT molecular complexity index is 222. The van der Waals surface area contributed by atoms with Gasteiger partial charge in [0.25, 0.3) is 0 Å². The van der Waals surface area contributed by atoms with Crippen LogP contribution in [0.1, 0.15) is 84.0 Å². The van der Waals surface area contributed by atoms with Crippen LogP contribution in [0, 0.1) is 6.58 Å². The summed E-state index contributed by atoms with van der Waals surface area (Å²) in [5.41, 5.74) is 0. The van der Waals surface area contributed by atoms with E-state index in [1.807, 2.05) is 12.2 Å². The van der Waals surface area contributed by atoms with Crippen LogP contribution in [0.5, 0.6) is 0 Å². The Kier molecular flexibility index (Phi) is 16.5.